The molecule has 0 saturated heterocycles. The maximum atomic E-state index is 6.38. The van der Waals surface area contributed by atoms with Crippen LogP contribution in [0.1, 0.15) is 47.0 Å². The van der Waals surface area contributed by atoms with Gasteiger partial charge < -0.3 is 5.73 Å². The number of hydrogen-bond donors (Lipinski definition) is 1. The van der Waals surface area contributed by atoms with Crippen LogP contribution in [0.2, 0.25) is 0 Å². The molecule has 1 atom stereocenters. The lowest BCUT2D eigenvalue weighted by Crippen LogP contribution is -2.52. The van der Waals surface area contributed by atoms with Crippen LogP contribution in [-0.4, -0.2) is 5.54 Å². The first kappa shape index (κ1) is 9.05. The van der Waals surface area contributed by atoms with Gasteiger partial charge in [-0.3, -0.25) is 0 Å². The Labute approximate surface area is 70.4 Å². The van der Waals surface area contributed by atoms with E-state index in [1.165, 1.54) is 19.3 Å². The highest BCUT2D eigenvalue weighted by atomic mass is 14.8. The molecule has 0 radical (unpaired) electrons. The van der Waals surface area contributed by atoms with Crippen LogP contribution in [0.4, 0.5) is 0 Å². The van der Waals surface area contributed by atoms with Crippen LogP contribution in [0.3, 0.4) is 0 Å². The Morgan fingerprint density at radius 2 is 1.73 bits per heavy atom. The first-order chi connectivity index (χ1) is 4.90. The molecule has 0 aromatic rings. The molecule has 1 nitrogen and oxygen atoms in total. The molecule has 11 heavy (non-hydrogen) atoms. The second-order valence-corrected chi connectivity index (χ2v) is 4.93. The molecule has 0 aromatic carbocycles. The maximum absolute atomic E-state index is 6.38. The molecule has 2 N–H and O–H groups in total. The van der Waals surface area contributed by atoms with Crippen LogP contribution in [-0.2, 0) is 0 Å². The Balaban J connectivity index is 2.84. The van der Waals surface area contributed by atoms with Crippen LogP contribution in [0.15, 0.2) is 0 Å². The van der Waals surface area contributed by atoms with E-state index in [0.717, 1.165) is 0 Å². The number of nitrogens with two attached hydrogens (primary N) is 1. The Morgan fingerprint density at radius 3 is 1.91 bits per heavy atom. The summed E-state index contributed by atoms with van der Waals surface area (Å²) in [5.41, 5.74) is 6.82. The predicted molar refractivity (Wildman–Crippen MR) is 49.4 cm³/mol. The van der Waals surface area contributed by atoms with Crippen molar-refractivity contribution < 1.29 is 0 Å². The summed E-state index contributed by atoms with van der Waals surface area (Å²) >= 11 is 0. The molecular weight excluding hydrogens is 134 g/mol. The number of rotatable bonds is 1. The van der Waals surface area contributed by atoms with Gasteiger partial charge in [0, 0.05) is 5.54 Å². The van der Waals surface area contributed by atoms with E-state index in [0.29, 0.717) is 11.3 Å². The summed E-state index contributed by atoms with van der Waals surface area (Å²) < 4.78 is 0. The SMILES string of the molecule is CC(C)C1(N)CCCC1(C)C. The van der Waals surface area contributed by atoms with Crippen molar-refractivity contribution in [2.75, 3.05) is 0 Å². The summed E-state index contributed by atoms with van der Waals surface area (Å²) in [7, 11) is 0. The van der Waals surface area contributed by atoms with Crippen LogP contribution in [0.25, 0.3) is 0 Å². The zero-order chi connectivity index (χ0) is 8.70. The lowest BCUT2D eigenvalue weighted by atomic mass is 9.69. The van der Waals surface area contributed by atoms with Gasteiger partial charge in [-0.25, -0.2) is 0 Å². The summed E-state index contributed by atoms with van der Waals surface area (Å²) in [6.07, 6.45) is 3.81. The average molecular weight is 155 g/mol. The summed E-state index contributed by atoms with van der Waals surface area (Å²) in [5.74, 6) is 0.611. The molecule has 1 saturated carbocycles. The number of hydrogen-bond acceptors (Lipinski definition) is 1. The molecule has 0 aromatic heterocycles. The Morgan fingerprint density at radius 1 is 1.18 bits per heavy atom. The van der Waals surface area contributed by atoms with Crippen LogP contribution in [0, 0.1) is 11.3 Å². The zero-order valence-electron chi connectivity index (χ0n) is 8.28. The third kappa shape index (κ3) is 1.20. The highest BCUT2D eigenvalue weighted by Gasteiger charge is 2.47. The lowest BCUT2D eigenvalue weighted by molar-refractivity contribution is 0.149. The molecule has 1 unspecified atom stereocenters. The summed E-state index contributed by atoms with van der Waals surface area (Å²) in [6.45, 7) is 9.10. The highest BCUT2D eigenvalue weighted by molar-refractivity contribution is 5.04. The average Bonchev–Trinajstić information content (AvgIpc) is 2.09. The van der Waals surface area contributed by atoms with Crippen molar-refractivity contribution in [1.29, 1.82) is 0 Å². The molecule has 1 aliphatic carbocycles. The van der Waals surface area contributed by atoms with Gasteiger partial charge in [0.1, 0.15) is 0 Å². The molecule has 1 heteroatoms. The smallest absolute Gasteiger partial charge is 0.0229 e. The van der Waals surface area contributed by atoms with Crippen LogP contribution in [0.5, 0.6) is 0 Å². The fourth-order valence-corrected chi connectivity index (χ4v) is 2.46. The van der Waals surface area contributed by atoms with Gasteiger partial charge in [-0.2, -0.15) is 0 Å². The third-order valence-electron chi connectivity index (χ3n) is 3.68. The molecule has 0 bridgehead atoms. The molecule has 0 spiro atoms. The van der Waals surface area contributed by atoms with Gasteiger partial charge in [0.05, 0.1) is 0 Å². The monoisotopic (exact) mass is 155 g/mol. The lowest BCUT2D eigenvalue weighted by Gasteiger charge is -2.41. The van der Waals surface area contributed by atoms with E-state index in [-0.39, 0.29) is 5.54 Å². The van der Waals surface area contributed by atoms with Crippen molar-refractivity contribution in [3.8, 4) is 0 Å². The van der Waals surface area contributed by atoms with E-state index in [9.17, 15) is 0 Å². The Bertz CT molecular complexity index is 149. The van der Waals surface area contributed by atoms with E-state index in [4.69, 9.17) is 5.73 Å². The molecule has 1 rings (SSSR count). The quantitative estimate of drug-likeness (QED) is 0.618. The predicted octanol–water partition coefficient (Wildman–Crippen LogP) is 2.55. The first-order valence-electron chi connectivity index (χ1n) is 4.69. The molecule has 1 aliphatic rings. The minimum atomic E-state index is 0.0903. The van der Waals surface area contributed by atoms with E-state index >= 15 is 0 Å². The van der Waals surface area contributed by atoms with Crippen molar-refractivity contribution in [1.82, 2.24) is 0 Å². The van der Waals surface area contributed by atoms with Gasteiger partial charge >= 0.3 is 0 Å². The second kappa shape index (κ2) is 2.48. The van der Waals surface area contributed by atoms with Gasteiger partial charge in [0.25, 0.3) is 0 Å². The van der Waals surface area contributed by atoms with E-state index in [1.807, 2.05) is 0 Å². The Hall–Kier alpha value is -0.0400. The molecule has 1 fully saturated rings. The van der Waals surface area contributed by atoms with E-state index < -0.39 is 0 Å². The second-order valence-electron chi connectivity index (χ2n) is 4.93. The van der Waals surface area contributed by atoms with E-state index in [1.54, 1.807) is 0 Å². The standard InChI is InChI=1S/C10H21N/c1-8(2)10(11)7-5-6-9(10,3)4/h8H,5-7,11H2,1-4H3. The molecule has 0 heterocycles. The fourth-order valence-electron chi connectivity index (χ4n) is 2.46. The van der Waals surface area contributed by atoms with Gasteiger partial charge in [-0.15, -0.1) is 0 Å². The largest absolute Gasteiger partial charge is 0.324 e. The van der Waals surface area contributed by atoms with Gasteiger partial charge in [0.2, 0.25) is 0 Å². The summed E-state index contributed by atoms with van der Waals surface area (Å²) in [5, 5.41) is 0. The first-order valence-corrected chi connectivity index (χ1v) is 4.69. The van der Waals surface area contributed by atoms with E-state index in [2.05, 4.69) is 27.7 Å². The summed E-state index contributed by atoms with van der Waals surface area (Å²) in [4.78, 5) is 0. The fraction of sp³-hybridized carbons (Fsp3) is 1.00. The van der Waals surface area contributed by atoms with Crippen molar-refractivity contribution >= 4 is 0 Å². The molecular formula is C10H21N. The van der Waals surface area contributed by atoms with Crippen LogP contribution < -0.4 is 5.73 Å². The van der Waals surface area contributed by atoms with Gasteiger partial charge in [-0.1, -0.05) is 34.1 Å². The minimum absolute atomic E-state index is 0.0903. The van der Waals surface area contributed by atoms with Gasteiger partial charge in [0.15, 0.2) is 0 Å². The Kier molecular flexibility index (Phi) is 2.04. The van der Waals surface area contributed by atoms with Gasteiger partial charge in [-0.05, 0) is 24.2 Å². The minimum Gasteiger partial charge on any atom is -0.324 e. The summed E-state index contributed by atoms with van der Waals surface area (Å²) in [6, 6.07) is 0. The normalized spacial score (nSPS) is 36.5. The van der Waals surface area contributed by atoms with Crippen LogP contribution >= 0.6 is 0 Å². The van der Waals surface area contributed by atoms with Crippen molar-refractivity contribution in [2.24, 2.45) is 17.1 Å². The van der Waals surface area contributed by atoms with Crippen molar-refractivity contribution in [3.05, 3.63) is 0 Å². The molecule has 0 aliphatic heterocycles. The highest BCUT2D eigenvalue weighted by Crippen LogP contribution is 2.47. The van der Waals surface area contributed by atoms with Crippen molar-refractivity contribution in [2.45, 2.75) is 52.5 Å². The van der Waals surface area contributed by atoms with Crippen molar-refractivity contribution in [3.63, 3.8) is 0 Å². The maximum Gasteiger partial charge on any atom is 0.0229 e. The zero-order valence-corrected chi connectivity index (χ0v) is 8.28. The third-order valence-corrected chi connectivity index (χ3v) is 3.68. The molecule has 0 amide bonds. The molecule has 66 valence electrons. The topological polar surface area (TPSA) is 26.0 Å².